The molecule has 0 aromatic heterocycles. The highest BCUT2D eigenvalue weighted by molar-refractivity contribution is 5.97. The van der Waals surface area contributed by atoms with E-state index in [9.17, 15) is 18.8 Å². The lowest BCUT2D eigenvalue weighted by Gasteiger charge is -2.38. The number of nitrogens with one attached hydrogen (secondary N) is 1. The molecule has 7 heteroatoms. The molecule has 0 spiro atoms. The molecule has 2 aromatic rings. The minimum Gasteiger partial charge on any atom is -0.341 e. The van der Waals surface area contributed by atoms with E-state index in [-0.39, 0.29) is 29.5 Å². The summed E-state index contributed by atoms with van der Waals surface area (Å²) in [7, 11) is 0. The second-order valence-electron chi connectivity index (χ2n) is 8.84. The second-order valence-corrected chi connectivity index (χ2v) is 8.84. The van der Waals surface area contributed by atoms with Gasteiger partial charge in [-0.05, 0) is 74.4 Å². The van der Waals surface area contributed by atoms with Gasteiger partial charge in [0.1, 0.15) is 11.9 Å². The fraction of sp³-hybridized carbons (Fsp3) is 0.423. The number of piperidine rings is 2. The van der Waals surface area contributed by atoms with Gasteiger partial charge in [-0.15, -0.1) is 0 Å². The van der Waals surface area contributed by atoms with Gasteiger partial charge in [0.25, 0.3) is 11.8 Å². The lowest BCUT2D eigenvalue weighted by Crippen LogP contribution is -2.55. The molecule has 2 aliphatic rings. The van der Waals surface area contributed by atoms with Crippen LogP contribution in [0.1, 0.15) is 52.8 Å². The predicted octanol–water partition coefficient (Wildman–Crippen LogP) is 3.49. The molecule has 2 aliphatic heterocycles. The largest absolute Gasteiger partial charge is 0.341 e. The highest BCUT2D eigenvalue weighted by Gasteiger charge is 2.36. The lowest BCUT2D eigenvalue weighted by molar-refractivity contribution is -0.136. The smallest absolute Gasteiger partial charge is 0.253 e. The number of hydrogen-bond donors (Lipinski definition) is 1. The number of amides is 3. The molecule has 0 bridgehead atoms. The van der Waals surface area contributed by atoms with Crippen LogP contribution >= 0.6 is 0 Å². The Balaban J connectivity index is 1.45. The highest BCUT2D eigenvalue weighted by atomic mass is 19.1. The van der Waals surface area contributed by atoms with Crippen LogP contribution in [0.25, 0.3) is 0 Å². The Kier molecular flexibility index (Phi) is 7.37. The quantitative estimate of drug-likeness (QED) is 0.757. The van der Waals surface area contributed by atoms with Crippen LogP contribution in [0, 0.1) is 11.7 Å². The lowest BCUT2D eigenvalue weighted by atomic mass is 9.87. The van der Waals surface area contributed by atoms with Crippen LogP contribution < -0.4 is 5.32 Å². The summed E-state index contributed by atoms with van der Waals surface area (Å²) in [6.07, 6.45) is 4.32. The van der Waals surface area contributed by atoms with Crippen LogP contribution in [0.3, 0.4) is 0 Å². The molecule has 0 saturated carbocycles. The van der Waals surface area contributed by atoms with Crippen molar-refractivity contribution < 1.29 is 18.8 Å². The molecule has 2 saturated heterocycles. The Labute approximate surface area is 193 Å². The number of benzene rings is 2. The third-order valence-electron chi connectivity index (χ3n) is 6.65. The Bertz CT molecular complexity index is 966. The summed E-state index contributed by atoms with van der Waals surface area (Å²) in [6.45, 7) is 2.43. The van der Waals surface area contributed by atoms with E-state index in [4.69, 9.17) is 0 Å². The maximum atomic E-state index is 13.4. The molecule has 6 nitrogen and oxygen atoms in total. The summed E-state index contributed by atoms with van der Waals surface area (Å²) in [5, 5.41) is 3.01. The van der Waals surface area contributed by atoms with Gasteiger partial charge in [0, 0.05) is 37.3 Å². The minimum absolute atomic E-state index is 0.0257. The number of hydrogen-bond acceptors (Lipinski definition) is 3. The summed E-state index contributed by atoms with van der Waals surface area (Å²) < 4.78 is 13.2. The van der Waals surface area contributed by atoms with Gasteiger partial charge in [-0.1, -0.05) is 18.2 Å². The molecule has 2 aromatic carbocycles. The molecule has 0 unspecified atom stereocenters. The van der Waals surface area contributed by atoms with E-state index in [1.165, 1.54) is 24.3 Å². The van der Waals surface area contributed by atoms with Gasteiger partial charge >= 0.3 is 0 Å². The average molecular weight is 452 g/mol. The van der Waals surface area contributed by atoms with Crippen molar-refractivity contribution in [2.75, 3.05) is 26.2 Å². The van der Waals surface area contributed by atoms with Crippen molar-refractivity contribution in [2.24, 2.45) is 5.92 Å². The van der Waals surface area contributed by atoms with Crippen molar-refractivity contribution in [1.82, 2.24) is 15.1 Å². The minimum atomic E-state index is -0.612. The van der Waals surface area contributed by atoms with Gasteiger partial charge in [0.2, 0.25) is 5.91 Å². The second kappa shape index (κ2) is 10.6. The molecule has 4 rings (SSSR count). The first kappa shape index (κ1) is 23.0. The zero-order valence-electron chi connectivity index (χ0n) is 18.7. The zero-order chi connectivity index (χ0) is 23.2. The van der Waals surface area contributed by atoms with Crippen molar-refractivity contribution in [3.05, 3.63) is 71.5 Å². The molecule has 2 fully saturated rings. The third-order valence-corrected chi connectivity index (χ3v) is 6.65. The molecule has 2 heterocycles. The Hall–Kier alpha value is -3.22. The van der Waals surface area contributed by atoms with Gasteiger partial charge in [-0.2, -0.15) is 0 Å². The van der Waals surface area contributed by atoms with Gasteiger partial charge in [-0.25, -0.2) is 4.39 Å². The summed E-state index contributed by atoms with van der Waals surface area (Å²) in [6, 6.07) is 13.9. The third kappa shape index (κ3) is 5.59. The van der Waals surface area contributed by atoms with Crippen LogP contribution in [0.2, 0.25) is 0 Å². The Morgan fingerprint density at radius 2 is 1.42 bits per heavy atom. The number of rotatable bonds is 5. The number of nitrogens with zero attached hydrogens (tertiary/aromatic N) is 2. The first-order valence-corrected chi connectivity index (χ1v) is 11.7. The maximum Gasteiger partial charge on any atom is 0.253 e. The predicted molar refractivity (Wildman–Crippen MR) is 123 cm³/mol. The summed E-state index contributed by atoms with van der Waals surface area (Å²) in [5.41, 5.74) is 0.978. The van der Waals surface area contributed by atoms with E-state index in [0.717, 1.165) is 32.4 Å². The standard InChI is InChI=1S/C26H30FN3O3/c27-22-11-9-21(10-12-22)25(32)30-17-13-19(14-18-30)23(26(33)29-15-5-2-6-16-29)28-24(31)20-7-3-1-4-8-20/h1,3-4,7-12,19,23H,2,5-6,13-18H2,(H,28,31)/t23-/m1/s1. The number of halogens is 1. The molecule has 174 valence electrons. The van der Waals surface area contributed by atoms with Crippen molar-refractivity contribution in [3.63, 3.8) is 0 Å². The van der Waals surface area contributed by atoms with E-state index in [1.807, 2.05) is 11.0 Å². The zero-order valence-corrected chi connectivity index (χ0v) is 18.7. The van der Waals surface area contributed by atoms with Gasteiger partial charge in [-0.3, -0.25) is 14.4 Å². The summed E-state index contributed by atoms with van der Waals surface area (Å²) in [4.78, 5) is 42.7. The highest BCUT2D eigenvalue weighted by Crippen LogP contribution is 2.25. The Morgan fingerprint density at radius 1 is 0.788 bits per heavy atom. The molecule has 1 N–H and O–H groups in total. The average Bonchev–Trinajstić information content (AvgIpc) is 2.88. The van der Waals surface area contributed by atoms with Crippen LogP contribution in [0.5, 0.6) is 0 Å². The van der Waals surface area contributed by atoms with Crippen molar-refractivity contribution in [3.8, 4) is 0 Å². The number of carbonyl (C=O) groups is 3. The number of carbonyl (C=O) groups excluding carboxylic acids is 3. The van der Waals surface area contributed by atoms with Crippen LogP contribution in [0.4, 0.5) is 4.39 Å². The van der Waals surface area contributed by atoms with E-state index in [0.29, 0.717) is 37.1 Å². The van der Waals surface area contributed by atoms with Crippen LogP contribution in [0.15, 0.2) is 54.6 Å². The fourth-order valence-electron chi connectivity index (χ4n) is 4.72. The van der Waals surface area contributed by atoms with E-state index in [1.54, 1.807) is 29.2 Å². The normalized spacial score (nSPS) is 18.0. The molecule has 33 heavy (non-hydrogen) atoms. The molecule has 1 atom stereocenters. The van der Waals surface area contributed by atoms with Crippen LogP contribution in [-0.4, -0.2) is 59.7 Å². The molecule has 0 radical (unpaired) electrons. The topological polar surface area (TPSA) is 69.7 Å². The van der Waals surface area contributed by atoms with Crippen molar-refractivity contribution in [2.45, 2.75) is 38.1 Å². The van der Waals surface area contributed by atoms with Gasteiger partial charge in [0.15, 0.2) is 0 Å². The maximum absolute atomic E-state index is 13.4. The first-order valence-electron chi connectivity index (χ1n) is 11.7. The van der Waals surface area contributed by atoms with Crippen LogP contribution in [-0.2, 0) is 4.79 Å². The molecule has 0 aliphatic carbocycles. The first-order chi connectivity index (χ1) is 16.0. The molecule has 3 amide bonds. The SMILES string of the molecule is O=C(N[C@@H](C(=O)N1CCCCC1)C1CCN(C(=O)c2ccc(F)cc2)CC1)c1ccccc1. The summed E-state index contributed by atoms with van der Waals surface area (Å²) >= 11 is 0. The number of likely N-dealkylation sites (tertiary alicyclic amines) is 2. The van der Waals surface area contributed by atoms with Crippen molar-refractivity contribution in [1.29, 1.82) is 0 Å². The van der Waals surface area contributed by atoms with Gasteiger partial charge < -0.3 is 15.1 Å². The van der Waals surface area contributed by atoms with E-state index in [2.05, 4.69) is 5.32 Å². The Morgan fingerprint density at radius 3 is 2.06 bits per heavy atom. The van der Waals surface area contributed by atoms with Crippen molar-refractivity contribution >= 4 is 17.7 Å². The van der Waals surface area contributed by atoms with E-state index >= 15 is 0 Å². The summed E-state index contributed by atoms with van der Waals surface area (Å²) in [5.74, 6) is -0.846. The monoisotopic (exact) mass is 451 g/mol. The van der Waals surface area contributed by atoms with Gasteiger partial charge in [0.05, 0.1) is 0 Å². The van der Waals surface area contributed by atoms with E-state index < -0.39 is 6.04 Å². The molecular weight excluding hydrogens is 421 g/mol. The fourth-order valence-corrected chi connectivity index (χ4v) is 4.72. The molecular formula is C26H30FN3O3.